The molecule has 1 amide bonds. The molecular weight excluding hydrogens is 430 g/mol. The van der Waals surface area contributed by atoms with E-state index in [2.05, 4.69) is 12.2 Å². The van der Waals surface area contributed by atoms with Gasteiger partial charge in [-0.3, -0.25) is 14.2 Å². The molecule has 1 aliphatic heterocycles. The zero-order chi connectivity index (χ0) is 22.0. The number of nitrogens with zero attached hydrogens (tertiary/aromatic N) is 2. The van der Waals surface area contributed by atoms with E-state index in [0.717, 1.165) is 23.4 Å². The van der Waals surface area contributed by atoms with E-state index in [4.69, 9.17) is 9.72 Å². The maximum absolute atomic E-state index is 13.3. The predicted molar refractivity (Wildman–Crippen MR) is 126 cm³/mol. The maximum Gasteiger partial charge on any atom is 0.272 e. The number of aryl methyl sites for hydroxylation is 1. The molecule has 0 fully saturated rings. The molecule has 1 aromatic heterocycles. The number of methoxy groups -OCH3 is 1. The van der Waals surface area contributed by atoms with Crippen LogP contribution in [0.1, 0.15) is 18.2 Å². The van der Waals surface area contributed by atoms with Crippen LogP contribution < -0.4 is 15.6 Å². The number of anilines is 1. The highest BCUT2D eigenvalue weighted by Gasteiger charge is 2.27. The fraction of sp³-hybridized carbons (Fsp3) is 0.261. The minimum Gasteiger partial charge on any atom is -0.497 e. The van der Waals surface area contributed by atoms with Gasteiger partial charge in [-0.05, 0) is 31.2 Å². The monoisotopic (exact) mass is 453 g/mol. The Balaban J connectivity index is 1.60. The Morgan fingerprint density at radius 3 is 2.81 bits per heavy atom. The van der Waals surface area contributed by atoms with Crippen molar-refractivity contribution >= 4 is 35.1 Å². The van der Waals surface area contributed by atoms with Crippen molar-refractivity contribution in [3.8, 4) is 11.4 Å². The molecule has 4 rings (SSSR count). The van der Waals surface area contributed by atoms with Gasteiger partial charge in [0, 0.05) is 23.4 Å². The molecule has 31 heavy (non-hydrogen) atoms. The van der Waals surface area contributed by atoms with Crippen LogP contribution in [-0.2, 0) is 11.2 Å². The van der Waals surface area contributed by atoms with Crippen LogP contribution >= 0.6 is 23.5 Å². The van der Waals surface area contributed by atoms with E-state index < -0.39 is 0 Å². The van der Waals surface area contributed by atoms with E-state index in [-0.39, 0.29) is 17.2 Å². The Morgan fingerprint density at radius 1 is 1.29 bits per heavy atom. The van der Waals surface area contributed by atoms with Gasteiger partial charge in [-0.25, -0.2) is 4.98 Å². The summed E-state index contributed by atoms with van der Waals surface area (Å²) in [7, 11) is 1.58. The van der Waals surface area contributed by atoms with Crippen molar-refractivity contribution < 1.29 is 9.53 Å². The van der Waals surface area contributed by atoms with Crippen LogP contribution in [0.15, 0.2) is 63.4 Å². The zero-order valence-corrected chi connectivity index (χ0v) is 19.2. The zero-order valence-electron chi connectivity index (χ0n) is 17.5. The number of amides is 1. The number of carbonyl (C=O) groups excluding carboxylic acids is 1. The van der Waals surface area contributed by atoms with Gasteiger partial charge in [0.15, 0.2) is 5.16 Å². The highest BCUT2D eigenvalue weighted by atomic mass is 32.2. The van der Waals surface area contributed by atoms with Crippen LogP contribution in [0.25, 0.3) is 5.69 Å². The van der Waals surface area contributed by atoms with Crippen molar-refractivity contribution in [3.63, 3.8) is 0 Å². The van der Waals surface area contributed by atoms with Crippen LogP contribution in [0.2, 0.25) is 0 Å². The maximum atomic E-state index is 13.3. The summed E-state index contributed by atoms with van der Waals surface area (Å²) in [4.78, 5) is 31.3. The van der Waals surface area contributed by atoms with Crippen molar-refractivity contribution in [2.45, 2.75) is 35.6 Å². The largest absolute Gasteiger partial charge is 0.497 e. The molecular formula is C23H23N3O3S2. The van der Waals surface area contributed by atoms with Gasteiger partial charge >= 0.3 is 0 Å². The summed E-state index contributed by atoms with van der Waals surface area (Å²) < 4.78 is 6.81. The molecule has 0 spiro atoms. The molecule has 3 aromatic rings. The van der Waals surface area contributed by atoms with Gasteiger partial charge in [0.1, 0.15) is 5.75 Å². The summed E-state index contributed by atoms with van der Waals surface area (Å²) in [5.41, 5.74) is 3.27. The summed E-state index contributed by atoms with van der Waals surface area (Å²) >= 11 is 2.84. The summed E-state index contributed by atoms with van der Waals surface area (Å²) in [6.45, 7) is 4.10. The molecule has 2 heterocycles. The molecule has 1 aliphatic rings. The quantitative estimate of drug-likeness (QED) is 0.443. The van der Waals surface area contributed by atoms with Crippen LogP contribution in [-0.4, -0.2) is 33.6 Å². The van der Waals surface area contributed by atoms with Crippen LogP contribution in [0.3, 0.4) is 0 Å². The van der Waals surface area contributed by atoms with Crippen molar-refractivity contribution in [2.24, 2.45) is 0 Å². The molecule has 1 N–H and O–H groups in total. The lowest BCUT2D eigenvalue weighted by atomic mass is 10.2. The smallest absolute Gasteiger partial charge is 0.272 e. The van der Waals surface area contributed by atoms with Crippen LogP contribution in [0.5, 0.6) is 5.75 Å². The number of thioether (sulfide) groups is 2. The number of benzene rings is 2. The van der Waals surface area contributed by atoms with E-state index in [0.29, 0.717) is 26.7 Å². The van der Waals surface area contributed by atoms with Crippen LogP contribution in [0, 0.1) is 6.92 Å². The van der Waals surface area contributed by atoms with Gasteiger partial charge in [0.25, 0.3) is 5.56 Å². The standard InChI is InChI=1S/C23H23N3O3S2/c1-14-7-9-17(10-8-14)26-22(28)21-19(11-15(2)31-21)25-23(26)30-13-20(27)24-16-5-4-6-18(12-16)29-3/h4-10,12,15H,11,13H2,1-3H3,(H,24,27). The van der Waals surface area contributed by atoms with E-state index >= 15 is 0 Å². The van der Waals surface area contributed by atoms with E-state index in [1.165, 1.54) is 11.8 Å². The Hall–Kier alpha value is -2.71. The lowest BCUT2D eigenvalue weighted by Gasteiger charge is -2.14. The van der Waals surface area contributed by atoms with Crippen molar-refractivity contribution in [3.05, 3.63) is 70.1 Å². The lowest BCUT2D eigenvalue weighted by Crippen LogP contribution is -2.24. The second kappa shape index (κ2) is 9.20. The molecule has 0 saturated carbocycles. The number of fused-ring (bicyclic) bond motifs is 1. The molecule has 1 atom stereocenters. The molecule has 0 aliphatic carbocycles. The van der Waals surface area contributed by atoms with Gasteiger partial charge in [0.05, 0.1) is 29.1 Å². The first-order valence-electron chi connectivity index (χ1n) is 9.91. The van der Waals surface area contributed by atoms with Gasteiger partial charge in [0.2, 0.25) is 5.91 Å². The number of hydrogen-bond donors (Lipinski definition) is 1. The third kappa shape index (κ3) is 4.80. The fourth-order valence-corrected chi connectivity index (χ4v) is 5.27. The Labute approximate surface area is 189 Å². The highest BCUT2D eigenvalue weighted by molar-refractivity contribution is 8.00. The van der Waals surface area contributed by atoms with Crippen molar-refractivity contribution in [1.29, 1.82) is 0 Å². The molecule has 8 heteroatoms. The first-order chi connectivity index (χ1) is 14.9. The SMILES string of the molecule is COc1cccc(NC(=O)CSc2nc3c(c(=O)n2-c2ccc(C)cc2)SC(C)C3)c1. The molecule has 0 radical (unpaired) electrons. The van der Waals surface area contributed by atoms with E-state index in [1.54, 1.807) is 35.6 Å². The molecule has 6 nitrogen and oxygen atoms in total. The number of ether oxygens (including phenoxy) is 1. The second-order valence-corrected chi connectivity index (χ2v) is 9.74. The van der Waals surface area contributed by atoms with Crippen molar-refractivity contribution in [2.75, 3.05) is 18.2 Å². The Kier molecular flexibility index (Phi) is 6.38. The molecule has 0 bridgehead atoms. The third-order valence-corrected chi connectivity index (χ3v) is 7.01. The molecule has 0 saturated heterocycles. The Bertz CT molecular complexity index is 1180. The Morgan fingerprint density at radius 2 is 2.06 bits per heavy atom. The first kappa shape index (κ1) is 21.5. The van der Waals surface area contributed by atoms with E-state index in [9.17, 15) is 9.59 Å². The summed E-state index contributed by atoms with van der Waals surface area (Å²) in [5, 5.41) is 3.72. The number of aromatic nitrogens is 2. The number of rotatable bonds is 6. The summed E-state index contributed by atoms with van der Waals surface area (Å²) in [6.07, 6.45) is 0.757. The third-order valence-electron chi connectivity index (χ3n) is 4.86. The minimum atomic E-state index is -0.175. The molecule has 2 aromatic carbocycles. The topological polar surface area (TPSA) is 73.2 Å². The normalized spacial score (nSPS) is 14.9. The van der Waals surface area contributed by atoms with Gasteiger partial charge < -0.3 is 10.1 Å². The minimum absolute atomic E-state index is 0.0705. The number of hydrogen-bond acceptors (Lipinski definition) is 6. The first-order valence-corrected chi connectivity index (χ1v) is 11.8. The van der Waals surface area contributed by atoms with Gasteiger partial charge in [-0.1, -0.05) is 42.4 Å². The average molecular weight is 454 g/mol. The lowest BCUT2D eigenvalue weighted by molar-refractivity contribution is -0.113. The van der Waals surface area contributed by atoms with Crippen LogP contribution in [0.4, 0.5) is 5.69 Å². The number of nitrogens with one attached hydrogen (secondary N) is 1. The molecule has 160 valence electrons. The average Bonchev–Trinajstić information content (AvgIpc) is 3.14. The fourth-order valence-electron chi connectivity index (χ4n) is 3.35. The predicted octanol–water partition coefficient (Wildman–Crippen LogP) is 4.32. The van der Waals surface area contributed by atoms with Gasteiger partial charge in [-0.15, -0.1) is 11.8 Å². The van der Waals surface area contributed by atoms with E-state index in [1.807, 2.05) is 43.3 Å². The molecule has 1 unspecified atom stereocenters. The van der Waals surface area contributed by atoms with Gasteiger partial charge in [-0.2, -0.15) is 0 Å². The summed E-state index contributed by atoms with van der Waals surface area (Å²) in [6, 6.07) is 15.0. The highest BCUT2D eigenvalue weighted by Crippen LogP contribution is 2.35. The number of carbonyl (C=O) groups is 1. The second-order valence-electron chi connectivity index (χ2n) is 7.35. The summed E-state index contributed by atoms with van der Waals surface area (Å²) in [5.74, 6) is 0.633. The van der Waals surface area contributed by atoms with Crippen molar-refractivity contribution in [1.82, 2.24) is 9.55 Å².